The number of rotatable bonds is 7. The lowest BCUT2D eigenvalue weighted by Crippen LogP contribution is -2.34. The number of hydrogen-bond acceptors (Lipinski definition) is 6. The molecule has 18 heavy (non-hydrogen) atoms. The van der Waals surface area contributed by atoms with Crippen molar-refractivity contribution in [1.82, 2.24) is 19.8 Å². The molecule has 1 aromatic heterocycles. The summed E-state index contributed by atoms with van der Waals surface area (Å²) in [6.07, 6.45) is 0. The van der Waals surface area contributed by atoms with Crippen molar-refractivity contribution in [2.75, 3.05) is 32.5 Å². The lowest BCUT2D eigenvalue weighted by atomic mass is 10.1. The summed E-state index contributed by atoms with van der Waals surface area (Å²) in [5.74, 6) is 0.0272. The molecule has 102 valence electrons. The van der Waals surface area contributed by atoms with Gasteiger partial charge in [-0.3, -0.25) is 9.69 Å². The van der Waals surface area contributed by atoms with Crippen LogP contribution in [0.25, 0.3) is 0 Å². The normalized spacial score (nSPS) is 12.5. The predicted molar refractivity (Wildman–Crippen MR) is 73.6 cm³/mol. The van der Waals surface area contributed by atoms with Crippen LogP contribution in [-0.4, -0.2) is 47.6 Å². The van der Waals surface area contributed by atoms with E-state index in [1.807, 2.05) is 20.9 Å². The number of nitrogens with one attached hydrogen (secondary N) is 2. The minimum atomic E-state index is -0.0332. The van der Waals surface area contributed by atoms with Crippen LogP contribution in [0.5, 0.6) is 0 Å². The predicted octanol–water partition coefficient (Wildman–Crippen LogP) is 0.784. The molecule has 0 saturated carbocycles. The van der Waals surface area contributed by atoms with E-state index in [0.717, 1.165) is 17.2 Å². The Morgan fingerprint density at radius 3 is 2.89 bits per heavy atom. The van der Waals surface area contributed by atoms with Gasteiger partial charge in [0, 0.05) is 44.1 Å². The number of carbonyl (C=O) groups is 1. The molecule has 6 nitrogen and oxygen atoms in total. The van der Waals surface area contributed by atoms with Crippen LogP contribution in [0.1, 0.15) is 19.5 Å². The second kappa shape index (κ2) is 7.27. The highest BCUT2D eigenvalue weighted by Gasteiger charge is 2.16. The lowest BCUT2D eigenvalue weighted by Gasteiger charge is -2.19. The highest BCUT2D eigenvalue weighted by atomic mass is 32.1. The second-order valence-electron chi connectivity index (χ2n) is 4.29. The van der Waals surface area contributed by atoms with Gasteiger partial charge < -0.3 is 10.6 Å². The Morgan fingerprint density at radius 2 is 2.28 bits per heavy atom. The molecule has 1 rings (SSSR count). The number of anilines is 1. The molecule has 0 spiro atoms. The Kier molecular flexibility index (Phi) is 6.00. The minimum absolute atomic E-state index is 0.0332. The van der Waals surface area contributed by atoms with E-state index in [4.69, 9.17) is 0 Å². The van der Waals surface area contributed by atoms with Crippen molar-refractivity contribution in [2.45, 2.75) is 20.4 Å². The van der Waals surface area contributed by atoms with Gasteiger partial charge >= 0.3 is 0 Å². The summed E-state index contributed by atoms with van der Waals surface area (Å²) in [5, 5.41) is 11.0. The molecule has 0 radical (unpaired) electrons. The van der Waals surface area contributed by atoms with Crippen molar-refractivity contribution >= 4 is 22.4 Å². The first-order valence-corrected chi connectivity index (χ1v) is 6.81. The Balaban J connectivity index is 2.51. The van der Waals surface area contributed by atoms with Gasteiger partial charge in [0.1, 0.15) is 10.7 Å². The van der Waals surface area contributed by atoms with Crippen LogP contribution in [0, 0.1) is 5.92 Å². The van der Waals surface area contributed by atoms with Gasteiger partial charge in [-0.25, -0.2) is 0 Å². The van der Waals surface area contributed by atoms with Crippen molar-refractivity contribution < 1.29 is 4.79 Å². The van der Waals surface area contributed by atoms with Crippen molar-refractivity contribution in [1.29, 1.82) is 0 Å². The third kappa shape index (κ3) is 4.23. The van der Waals surface area contributed by atoms with Gasteiger partial charge in [-0.05, 0) is 14.0 Å². The molecule has 0 aliphatic carbocycles. The first-order valence-electron chi connectivity index (χ1n) is 6.03. The van der Waals surface area contributed by atoms with Crippen LogP contribution < -0.4 is 10.6 Å². The summed E-state index contributed by atoms with van der Waals surface area (Å²) in [6, 6.07) is 0. The van der Waals surface area contributed by atoms with E-state index >= 15 is 0 Å². The van der Waals surface area contributed by atoms with Crippen molar-refractivity contribution in [3.05, 3.63) is 5.69 Å². The Morgan fingerprint density at radius 1 is 1.56 bits per heavy atom. The SMILES string of the molecule is CCNc1snnc1CN(C)CC(C)C(=O)NC. The molecule has 0 fully saturated rings. The highest BCUT2D eigenvalue weighted by Crippen LogP contribution is 2.18. The standard InChI is InChI=1S/C11H21N5OS/c1-5-13-11-9(14-15-18-11)7-16(4)6-8(2)10(17)12-3/h8,13H,5-7H2,1-4H3,(H,12,17). The van der Waals surface area contributed by atoms with E-state index < -0.39 is 0 Å². The zero-order valence-electron chi connectivity index (χ0n) is 11.4. The van der Waals surface area contributed by atoms with Gasteiger partial charge in [0.05, 0.1) is 0 Å². The van der Waals surface area contributed by atoms with E-state index in [1.54, 1.807) is 7.05 Å². The Labute approximate surface area is 112 Å². The smallest absolute Gasteiger partial charge is 0.223 e. The molecule has 7 heteroatoms. The van der Waals surface area contributed by atoms with Crippen LogP contribution in [-0.2, 0) is 11.3 Å². The third-order valence-corrected chi connectivity index (χ3v) is 3.32. The van der Waals surface area contributed by atoms with Gasteiger partial charge in [-0.15, -0.1) is 5.10 Å². The quantitative estimate of drug-likeness (QED) is 0.767. The Bertz CT molecular complexity index is 381. The largest absolute Gasteiger partial charge is 0.374 e. The molecule has 1 aromatic rings. The maximum atomic E-state index is 11.4. The van der Waals surface area contributed by atoms with Crippen LogP contribution in [0.4, 0.5) is 5.00 Å². The summed E-state index contributed by atoms with van der Waals surface area (Å²) >= 11 is 1.37. The summed E-state index contributed by atoms with van der Waals surface area (Å²) in [7, 11) is 3.64. The van der Waals surface area contributed by atoms with E-state index in [2.05, 4.69) is 25.1 Å². The fourth-order valence-electron chi connectivity index (χ4n) is 1.72. The minimum Gasteiger partial charge on any atom is -0.374 e. The van der Waals surface area contributed by atoms with Crippen LogP contribution >= 0.6 is 11.5 Å². The molecule has 1 heterocycles. The van der Waals surface area contributed by atoms with E-state index in [-0.39, 0.29) is 11.8 Å². The highest BCUT2D eigenvalue weighted by molar-refractivity contribution is 7.10. The molecule has 0 aliphatic heterocycles. The van der Waals surface area contributed by atoms with Gasteiger partial charge in [0.25, 0.3) is 0 Å². The molecule has 0 saturated heterocycles. The third-order valence-electron chi connectivity index (χ3n) is 2.59. The molecular weight excluding hydrogens is 250 g/mol. The molecular formula is C11H21N5OS. The van der Waals surface area contributed by atoms with E-state index in [0.29, 0.717) is 13.1 Å². The average molecular weight is 271 g/mol. The summed E-state index contributed by atoms with van der Waals surface area (Å²) in [6.45, 7) is 6.21. The number of hydrogen-bond donors (Lipinski definition) is 2. The molecule has 1 atom stereocenters. The first-order chi connectivity index (χ1) is 8.58. The fourth-order valence-corrected chi connectivity index (χ4v) is 2.36. The van der Waals surface area contributed by atoms with Crippen molar-refractivity contribution in [3.8, 4) is 0 Å². The molecule has 0 aromatic carbocycles. The molecule has 0 bridgehead atoms. The van der Waals surface area contributed by atoms with Gasteiger partial charge in [0.2, 0.25) is 5.91 Å². The first kappa shape index (κ1) is 14.8. The fraction of sp³-hybridized carbons (Fsp3) is 0.727. The average Bonchev–Trinajstić information content (AvgIpc) is 2.75. The summed E-state index contributed by atoms with van der Waals surface area (Å²) < 4.78 is 3.95. The number of aromatic nitrogens is 2. The van der Waals surface area contributed by atoms with E-state index in [9.17, 15) is 4.79 Å². The summed E-state index contributed by atoms with van der Waals surface area (Å²) in [5.41, 5.74) is 0.938. The Hall–Kier alpha value is -1.21. The molecule has 0 aliphatic rings. The maximum Gasteiger partial charge on any atom is 0.223 e. The number of carbonyl (C=O) groups excluding carboxylic acids is 1. The summed E-state index contributed by atoms with van der Waals surface area (Å²) in [4.78, 5) is 13.5. The zero-order chi connectivity index (χ0) is 13.5. The molecule has 1 amide bonds. The maximum absolute atomic E-state index is 11.4. The molecule has 2 N–H and O–H groups in total. The lowest BCUT2D eigenvalue weighted by molar-refractivity contribution is -0.124. The second-order valence-corrected chi connectivity index (χ2v) is 5.05. The molecule has 1 unspecified atom stereocenters. The number of amides is 1. The van der Waals surface area contributed by atoms with E-state index in [1.165, 1.54) is 11.5 Å². The monoisotopic (exact) mass is 271 g/mol. The van der Waals surface area contributed by atoms with Crippen molar-refractivity contribution in [2.24, 2.45) is 5.92 Å². The zero-order valence-corrected chi connectivity index (χ0v) is 12.2. The van der Waals surface area contributed by atoms with Crippen LogP contribution in [0.3, 0.4) is 0 Å². The number of nitrogens with zero attached hydrogens (tertiary/aromatic N) is 3. The topological polar surface area (TPSA) is 70.2 Å². The van der Waals surface area contributed by atoms with Crippen LogP contribution in [0.15, 0.2) is 0 Å². The van der Waals surface area contributed by atoms with Gasteiger partial charge in [-0.2, -0.15) is 0 Å². The van der Waals surface area contributed by atoms with Gasteiger partial charge in [-0.1, -0.05) is 11.4 Å². The van der Waals surface area contributed by atoms with Crippen LogP contribution in [0.2, 0.25) is 0 Å². The van der Waals surface area contributed by atoms with Gasteiger partial charge in [0.15, 0.2) is 0 Å². The van der Waals surface area contributed by atoms with Crippen molar-refractivity contribution in [3.63, 3.8) is 0 Å².